The maximum Gasteiger partial charge on any atom is 0.203 e. The standard InChI is InChI=1S/C14H26N4/c1-12(2)18-11-9-16-14(18)15-8-10-17(3)13-6-4-5-7-13/h9,11-13H,4-8,10H2,1-3H3,(H,15,16). The molecule has 4 heteroatoms. The van der Waals surface area contributed by atoms with Crippen molar-refractivity contribution in [1.82, 2.24) is 14.5 Å². The fraction of sp³-hybridized carbons (Fsp3) is 0.786. The normalized spacial score (nSPS) is 16.9. The van der Waals surface area contributed by atoms with E-state index >= 15 is 0 Å². The van der Waals surface area contributed by atoms with Gasteiger partial charge in [0.1, 0.15) is 0 Å². The van der Waals surface area contributed by atoms with Gasteiger partial charge in [-0.25, -0.2) is 4.98 Å². The van der Waals surface area contributed by atoms with Gasteiger partial charge in [-0.2, -0.15) is 0 Å². The highest BCUT2D eigenvalue weighted by Crippen LogP contribution is 2.22. The van der Waals surface area contributed by atoms with Gasteiger partial charge in [0.2, 0.25) is 5.95 Å². The van der Waals surface area contributed by atoms with Crippen LogP contribution in [-0.2, 0) is 0 Å². The summed E-state index contributed by atoms with van der Waals surface area (Å²) in [5, 5.41) is 3.44. The van der Waals surface area contributed by atoms with Crippen molar-refractivity contribution >= 4 is 5.95 Å². The van der Waals surface area contributed by atoms with E-state index in [1.807, 2.05) is 12.4 Å². The molecule has 102 valence electrons. The molecule has 1 saturated carbocycles. The van der Waals surface area contributed by atoms with E-state index in [-0.39, 0.29) is 0 Å². The molecule has 1 heterocycles. The summed E-state index contributed by atoms with van der Waals surface area (Å²) in [6, 6.07) is 1.26. The average Bonchev–Trinajstić information content (AvgIpc) is 2.99. The summed E-state index contributed by atoms with van der Waals surface area (Å²) >= 11 is 0. The van der Waals surface area contributed by atoms with Crippen LogP contribution in [0.25, 0.3) is 0 Å². The molecule has 18 heavy (non-hydrogen) atoms. The van der Waals surface area contributed by atoms with Gasteiger partial charge in [0, 0.05) is 37.6 Å². The Bertz CT molecular complexity index is 352. The van der Waals surface area contributed by atoms with E-state index in [0.29, 0.717) is 6.04 Å². The minimum atomic E-state index is 0.461. The van der Waals surface area contributed by atoms with Crippen molar-refractivity contribution in [3.8, 4) is 0 Å². The Morgan fingerprint density at radius 1 is 1.44 bits per heavy atom. The minimum Gasteiger partial charge on any atom is -0.354 e. The summed E-state index contributed by atoms with van der Waals surface area (Å²) in [4.78, 5) is 6.85. The molecule has 0 spiro atoms. The first-order valence-electron chi connectivity index (χ1n) is 7.15. The molecule has 0 aromatic carbocycles. The van der Waals surface area contributed by atoms with Crippen molar-refractivity contribution in [2.24, 2.45) is 0 Å². The Labute approximate surface area is 110 Å². The lowest BCUT2D eigenvalue weighted by atomic mass is 10.2. The number of anilines is 1. The summed E-state index contributed by atoms with van der Waals surface area (Å²) in [5.74, 6) is 0.991. The van der Waals surface area contributed by atoms with Crippen molar-refractivity contribution in [2.75, 3.05) is 25.5 Å². The second-order valence-electron chi connectivity index (χ2n) is 5.60. The molecule has 0 bridgehead atoms. The van der Waals surface area contributed by atoms with Crippen LogP contribution < -0.4 is 5.32 Å². The summed E-state index contributed by atoms with van der Waals surface area (Å²) in [6.07, 6.45) is 9.45. The van der Waals surface area contributed by atoms with E-state index in [4.69, 9.17) is 0 Å². The van der Waals surface area contributed by atoms with Gasteiger partial charge in [-0.15, -0.1) is 0 Å². The highest BCUT2D eigenvalue weighted by atomic mass is 15.2. The Morgan fingerprint density at radius 2 is 2.17 bits per heavy atom. The lowest BCUT2D eigenvalue weighted by Gasteiger charge is -2.24. The van der Waals surface area contributed by atoms with Crippen LogP contribution in [0.4, 0.5) is 5.95 Å². The quantitative estimate of drug-likeness (QED) is 0.842. The van der Waals surface area contributed by atoms with Crippen LogP contribution in [0.3, 0.4) is 0 Å². The number of imidazole rings is 1. The highest BCUT2D eigenvalue weighted by Gasteiger charge is 2.18. The van der Waals surface area contributed by atoms with Crippen molar-refractivity contribution in [1.29, 1.82) is 0 Å². The van der Waals surface area contributed by atoms with Gasteiger partial charge in [-0.05, 0) is 33.7 Å². The average molecular weight is 250 g/mol. The van der Waals surface area contributed by atoms with Gasteiger partial charge in [0.15, 0.2) is 0 Å². The van der Waals surface area contributed by atoms with Gasteiger partial charge in [0.05, 0.1) is 0 Å². The first-order chi connectivity index (χ1) is 8.68. The molecule has 0 amide bonds. The molecule has 1 N–H and O–H groups in total. The summed E-state index contributed by atoms with van der Waals surface area (Å²) in [7, 11) is 2.24. The van der Waals surface area contributed by atoms with Gasteiger partial charge < -0.3 is 14.8 Å². The molecule has 1 aliphatic carbocycles. The third kappa shape index (κ3) is 3.25. The summed E-state index contributed by atoms with van der Waals surface area (Å²) in [6.45, 7) is 6.42. The number of aromatic nitrogens is 2. The number of likely N-dealkylation sites (N-methyl/N-ethyl adjacent to an activating group) is 1. The summed E-state index contributed by atoms with van der Waals surface area (Å²) in [5.41, 5.74) is 0. The largest absolute Gasteiger partial charge is 0.354 e. The zero-order valence-corrected chi connectivity index (χ0v) is 11.9. The zero-order valence-electron chi connectivity index (χ0n) is 11.9. The highest BCUT2D eigenvalue weighted by molar-refractivity contribution is 5.26. The Kier molecular flexibility index (Phi) is 4.64. The van der Waals surface area contributed by atoms with Crippen LogP contribution in [0.15, 0.2) is 12.4 Å². The van der Waals surface area contributed by atoms with Crippen molar-refractivity contribution in [3.63, 3.8) is 0 Å². The van der Waals surface area contributed by atoms with Crippen LogP contribution in [0.5, 0.6) is 0 Å². The third-order valence-electron chi connectivity index (χ3n) is 3.92. The van der Waals surface area contributed by atoms with Gasteiger partial charge in [-0.1, -0.05) is 12.8 Å². The fourth-order valence-corrected chi connectivity index (χ4v) is 2.74. The van der Waals surface area contributed by atoms with Crippen LogP contribution in [0, 0.1) is 0 Å². The number of nitrogens with zero attached hydrogens (tertiary/aromatic N) is 3. The van der Waals surface area contributed by atoms with Crippen LogP contribution in [-0.4, -0.2) is 40.6 Å². The zero-order chi connectivity index (χ0) is 13.0. The molecule has 0 aliphatic heterocycles. The van der Waals surface area contributed by atoms with E-state index in [2.05, 4.69) is 40.7 Å². The van der Waals surface area contributed by atoms with E-state index in [1.165, 1.54) is 25.7 Å². The molecule has 1 aromatic rings. The van der Waals surface area contributed by atoms with E-state index in [9.17, 15) is 0 Å². The minimum absolute atomic E-state index is 0.461. The SMILES string of the molecule is CC(C)n1ccnc1NCCN(C)C1CCCC1. The van der Waals surface area contributed by atoms with E-state index < -0.39 is 0 Å². The van der Waals surface area contributed by atoms with Crippen molar-refractivity contribution in [3.05, 3.63) is 12.4 Å². The number of rotatable bonds is 6. The first kappa shape index (κ1) is 13.4. The van der Waals surface area contributed by atoms with Crippen LogP contribution in [0.1, 0.15) is 45.6 Å². The van der Waals surface area contributed by atoms with Gasteiger partial charge >= 0.3 is 0 Å². The lowest BCUT2D eigenvalue weighted by molar-refractivity contribution is 0.254. The molecule has 1 fully saturated rings. The predicted octanol–water partition coefficient (Wildman–Crippen LogP) is 2.75. The maximum atomic E-state index is 4.37. The third-order valence-corrected chi connectivity index (χ3v) is 3.92. The molecule has 0 atom stereocenters. The molecule has 4 nitrogen and oxygen atoms in total. The lowest BCUT2D eigenvalue weighted by Crippen LogP contribution is -2.33. The van der Waals surface area contributed by atoms with Crippen molar-refractivity contribution in [2.45, 2.75) is 51.6 Å². The number of hydrogen-bond acceptors (Lipinski definition) is 3. The molecular weight excluding hydrogens is 224 g/mol. The van der Waals surface area contributed by atoms with E-state index in [1.54, 1.807) is 0 Å². The molecule has 0 radical (unpaired) electrons. The van der Waals surface area contributed by atoms with Crippen LogP contribution in [0.2, 0.25) is 0 Å². The second kappa shape index (κ2) is 6.23. The summed E-state index contributed by atoms with van der Waals surface area (Å²) < 4.78 is 2.18. The molecule has 1 aromatic heterocycles. The molecule has 1 aliphatic rings. The topological polar surface area (TPSA) is 33.1 Å². The Balaban J connectivity index is 1.75. The first-order valence-corrected chi connectivity index (χ1v) is 7.15. The monoisotopic (exact) mass is 250 g/mol. The second-order valence-corrected chi connectivity index (χ2v) is 5.60. The molecule has 0 unspecified atom stereocenters. The molecular formula is C14H26N4. The van der Waals surface area contributed by atoms with Crippen LogP contribution >= 0.6 is 0 Å². The van der Waals surface area contributed by atoms with Gasteiger partial charge in [0.25, 0.3) is 0 Å². The maximum absolute atomic E-state index is 4.37. The Morgan fingerprint density at radius 3 is 2.83 bits per heavy atom. The number of hydrogen-bond donors (Lipinski definition) is 1. The Hall–Kier alpha value is -1.03. The van der Waals surface area contributed by atoms with E-state index in [0.717, 1.165) is 25.1 Å². The predicted molar refractivity (Wildman–Crippen MR) is 76.0 cm³/mol. The smallest absolute Gasteiger partial charge is 0.203 e. The van der Waals surface area contributed by atoms with Gasteiger partial charge in [-0.3, -0.25) is 0 Å². The van der Waals surface area contributed by atoms with Crippen molar-refractivity contribution < 1.29 is 0 Å². The molecule has 2 rings (SSSR count). The molecule has 0 saturated heterocycles. The number of nitrogens with one attached hydrogen (secondary N) is 1. The fourth-order valence-electron chi connectivity index (χ4n) is 2.74.